The third kappa shape index (κ3) is 5.81. The van der Waals surface area contributed by atoms with Crippen molar-refractivity contribution in [2.24, 2.45) is 0 Å². The second kappa shape index (κ2) is 9.56. The summed E-state index contributed by atoms with van der Waals surface area (Å²) in [4.78, 5) is 12.4. The van der Waals surface area contributed by atoms with Gasteiger partial charge < -0.3 is 24.3 Å². The highest BCUT2D eigenvalue weighted by Gasteiger charge is 2.31. The highest BCUT2D eigenvalue weighted by Crippen LogP contribution is 2.38. The predicted octanol–water partition coefficient (Wildman–Crippen LogP) is 4.16. The molecule has 1 N–H and O–H groups in total. The Morgan fingerprint density at radius 3 is 2.03 bits per heavy atom. The number of amides is 1. The fraction of sp³-hybridized carbons (Fsp3) is 0.200. The van der Waals surface area contributed by atoms with Crippen LogP contribution in [-0.2, 0) is 4.79 Å². The van der Waals surface area contributed by atoms with E-state index < -0.39 is 18.0 Å². The third-order valence-electron chi connectivity index (χ3n) is 3.71. The zero-order chi connectivity index (χ0) is 22.3. The first-order valence-electron chi connectivity index (χ1n) is 8.29. The van der Waals surface area contributed by atoms with Crippen LogP contribution in [-0.4, -0.2) is 33.6 Å². The van der Waals surface area contributed by atoms with Crippen molar-refractivity contribution in [3.8, 4) is 29.1 Å². The minimum Gasteiger partial charge on any atom is -0.493 e. The average molecular weight is 422 g/mol. The van der Waals surface area contributed by atoms with E-state index in [1.807, 2.05) is 0 Å². The number of rotatable bonds is 7. The maximum atomic E-state index is 12.4. The van der Waals surface area contributed by atoms with Gasteiger partial charge in [0.2, 0.25) is 5.75 Å². The second-order valence-electron chi connectivity index (χ2n) is 5.65. The van der Waals surface area contributed by atoms with Crippen LogP contribution in [0, 0.1) is 11.3 Å². The molecular formula is C20H17F3N2O5. The summed E-state index contributed by atoms with van der Waals surface area (Å²) in [5.74, 6) is -0.173. The fourth-order valence-electron chi connectivity index (χ4n) is 2.44. The Labute approximate surface area is 170 Å². The van der Waals surface area contributed by atoms with E-state index >= 15 is 0 Å². The molecule has 0 aromatic heterocycles. The van der Waals surface area contributed by atoms with Crippen molar-refractivity contribution in [1.29, 1.82) is 5.26 Å². The number of hydrogen-bond acceptors (Lipinski definition) is 6. The minimum absolute atomic E-state index is 0.181. The normalized spacial score (nSPS) is 11.3. The van der Waals surface area contributed by atoms with Gasteiger partial charge in [0, 0.05) is 5.69 Å². The standard InChI is InChI=1S/C20H17F3N2O5/c1-27-16-9-12(10-17(28-2)18(16)29-3)8-13(11-24)19(26)25-14-4-6-15(7-5-14)30-20(21,22)23/h4-10H,1-3H3,(H,25,26)/b13-8+. The molecule has 0 spiro atoms. The zero-order valence-corrected chi connectivity index (χ0v) is 16.2. The summed E-state index contributed by atoms with van der Waals surface area (Å²) in [7, 11) is 4.29. The Balaban J connectivity index is 2.24. The van der Waals surface area contributed by atoms with Crippen LogP contribution in [0.5, 0.6) is 23.0 Å². The van der Waals surface area contributed by atoms with E-state index in [0.29, 0.717) is 22.8 Å². The van der Waals surface area contributed by atoms with Gasteiger partial charge in [0.15, 0.2) is 11.5 Å². The van der Waals surface area contributed by atoms with Gasteiger partial charge in [-0.05, 0) is 48.0 Å². The van der Waals surface area contributed by atoms with Crippen LogP contribution in [0.25, 0.3) is 6.08 Å². The highest BCUT2D eigenvalue weighted by atomic mass is 19.4. The van der Waals surface area contributed by atoms with E-state index in [1.165, 1.54) is 39.5 Å². The van der Waals surface area contributed by atoms with Crippen molar-refractivity contribution < 1.29 is 36.9 Å². The molecule has 1 amide bonds. The van der Waals surface area contributed by atoms with Crippen molar-refractivity contribution in [3.05, 3.63) is 47.5 Å². The molecule has 0 unspecified atom stereocenters. The van der Waals surface area contributed by atoms with E-state index in [4.69, 9.17) is 14.2 Å². The van der Waals surface area contributed by atoms with Crippen LogP contribution in [0.15, 0.2) is 42.0 Å². The molecule has 0 aliphatic carbocycles. The SMILES string of the molecule is COc1cc(/C=C(\C#N)C(=O)Nc2ccc(OC(F)(F)F)cc2)cc(OC)c1OC. The summed E-state index contributed by atoms with van der Waals surface area (Å²) in [6, 6.07) is 9.39. The third-order valence-corrected chi connectivity index (χ3v) is 3.71. The van der Waals surface area contributed by atoms with Crippen molar-refractivity contribution >= 4 is 17.7 Å². The number of anilines is 1. The molecule has 2 aromatic carbocycles. The molecule has 0 saturated heterocycles. The van der Waals surface area contributed by atoms with Gasteiger partial charge in [-0.2, -0.15) is 5.26 Å². The van der Waals surface area contributed by atoms with E-state index in [1.54, 1.807) is 18.2 Å². The summed E-state index contributed by atoms with van der Waals surface area (Å²) in [6.45, 7) is 0. The smallest absolute Gasteiger partial charge is 0.493 e. The molecule has 158 valence electrons. The molecule has 30 heavy (non-hydrogen) atoms. The first-order chi connectivity index (χ1) is 14.2. The molecule has 0 fully saturated rings. The van der Waals surface area contributed by atoms with Gasteiger partial charge in [-0.1, -0.05) is 0 Å². The first kappa shape index (κ1) is 22.4. The lowest BCUT2D eigenvalue weighted by atomic mass is 10.1. The van der Waals surface area contributed by atoms with Crippen molar-refractivity contribution in [2.75, 3.05) is 26.6 Å². The van der Waals surface area contributed by atoms with Gasteiger partial charge in [-0.15, -0.1) is 13.2 Å². The number of halogens is 3. The largest absolute Gasteiger partial charge is 0.573 e. The van der Waals surface area contributed by atoms with Crippen molar-refractivity contribution in [2.45, 2.75) is 6.36 Å². The summed E-state index contributed by atoms with van der Waals surface area (Å²) >= 11 is 0. The molecule has 0 saturated carbocycles. The molecule has 0 bridgehead atoms. The molecule has 0 radical (unpaired) electrons. The van der Waals surface area contributed by atoms with Crippen LogP contribution in [0.3, 0.4) is 0 Å². The molecule has 0 aliphatic heterocycles. The number of ether oxygens (including phenoxy) is 4. The molecule has 7 nitrogen and oxygen atoms in total. The van der Waals surface area contributed by atoms with Gasteiger partial charge in [0.1, 0.15) is 17.4 Å². The van der Waals surface area contributed by atoms with Gasteiger partial charge >= 0.3 is 6.36 Å². The summed E-state index contributed by atoms with van der Waals surface area (Å²) in [5, 5.41) is 11.8. The van der Waals surface area contributed by atoms with Crippen LogP contribution in [0.2, 0.25) is 0 Å². The molecule has 0 atom stereocenters. The number of hydrogen-bond donors (Lipinski definition) is 1. The Morgan fingerprint density at radius 1 is 1.03 bits per heavy atom. The first-order valence-corrected chi connectivity index (χ1v) is 8.29. The molecule has 2 rings (SSSR count). The summed E-state index contributed by atoms with van der Waals surface area (Å²) in [5.41, 5.74) is 0.366. The van der Waals surface area contributed by atoms with Gasteiger partial charge in [-0.3, -0.25) is 4.79 Å². The molecule has 0 heterocycles. The lowest BCUT2D eigenvalue weighted by Gasteiger charge is -2.13. The average Bonchev–Trinajstić information content (AvgIpc) is 2.71. The number of nitrogens with zero attached hydrogens (tertiary/aromatic N) is 1. The fourth-order valence-corrected chi connectivity index (χ4v) is 2.44. The van der Waals surface area contributed by atoms with E-state index in [-0.39, 0.29) is 11.3 Å². The van der Waals surface area contributed by atoms with E-state index in [2.05, 4.69) is 10.1 Å². The quantitative estimate of drug-likeness (QED) is 0.533. The minimum atomic E-state index is -4.82. The summed E-state index contributed by atoms with van der Waals surface area (Å²) in [6.07, 6.45) is -3.51. The maximum Gasteiger partial charge on any atom is 0.573 e. The van der Waals surface area contributed by atoms with Crippen LogP contribution in [0.4, 0.5) is 18.9 Å². The van der Waals surface area contributed by atoms with Gasteiger partial charge in [-0.25, -0.2) is 0 Å². The second-order valence-corrected chi connectivity index (χ2v) is 5.65. The molecular weight excluding hydrogens is 405 g/mol. The Bertz CT molecular complexity index is 954. The van der Waals surface area contributed by atoms with Crippen LogP contribution in [0.1, 0.15) is 5.56 Å². The zero-order valence-electron chi connectivity index (χ0n) is 16.2. The lowest BCUT2D eigenvalue weighted by molar-refractivity contribution is -0.274. The monoisotopic (exact) mass is 422 g/mol. The number of nitrogens with one attached hydrogen (secondary N) is 1. The van der Waals surface area contributed by atoms with Crippen LogP contribution < -0.4 is 24.3 Å². The molecule has 2 aromatic rings. The van der Waals surface area contributed by atoms with E-state index in [9.17, 15) is 23.2 Å². The molecule has 0 aliphatic rings. The Hall–Kier alpha value is -3.87. The number of methoxy groups -OCH3 is 3. The molecule has 10 heteroatoms. The number of carbonyl (C=O) groups is 1. The lowest BCUT2D eigenvalue weighted by Crippen LogP contribution is -2.17. The maximum absolute atomic E-state index is 12.4. The topological polar surface area (TPSA) is 89.8 Å². The number of benzene rings is 2. The van der Waals surface area contributed by atoms with Gasteiger partial charge in [0.25, 0.3) is 5.91 Å². The van der Waals surface area contributed by atoms with Crippen molar-refractivity contribution in [1.82, 2.24) is 0 Å². The number of nitriles is 1. The number of carbonyl (C=O) groups excluding carboxylic acids is 1. The van der Waals surface area contributed by atoms with Crippen molar-refractivity contribution in [3.63, 3.8) is 0 Å². The van der Waals surface area contributed by atoms with Crippen LogP contribution >= 0.6 is 0 Å². The summed E-state index contributed by atoms with van der Waals surface area (Å²) < 4.78 is 56.0. The predicted molar refractivity (Wildman–Crippen MR) is 101 cm³/mol. The van der Waals surface area contributed by atoms with E-state index in [0.717, 1.165) is 12.1 Å². The number of alkyl halides is 3. The highest BCUT2D eigenvalue weighted by molar-refractivity contribution is 6.09. The Morgan fingerprint density at radius 2 is 1.60 bits per heavy atom. The van der Waals surface area contributed by atoms with Gasteiger partial charge in [0.05, 0.1) is 21.3 Å². The Kier molecular flexibility index (Phi) is 7.14.